The number of carboxylic acids is 1. The highest BCUT2D eigenvalue weighted by Gasteiger charge is 2.20. The number of benzene rings is 2. The number of hydrogen-bond donors (Lipinski definition) is 1. The Balaban J connectivity index is 2.36. The molecule has 0 aliphatic heterocycles. The van der Waals surface area contributed by atoms with Crippen LogP contribution in [0.4, 0.5) is 14.5 Å². The Labute approximate surface area is 116 Å². The zero-order chi connectivity index (χ0) is 15.6. The fourth-order valence-electron chi connectivity index (χ4n) is 1.58. The molecular weight excluding hydrogens is 288 g/mol. The summed E-state index contributed by atoms with van der Waals surface area (Å²) in [7, 11) is 0. The summed E-state index contributed by atoms with van der Waals surface area (Å²) in [6, 6.07) is 5.81. The molecule has 0 saturated heterocycles. The molecule has 0 amide bonds. The Morgan fingerprint density at radius 3 is 2.29 bits per heavy atom. The Hall–Kier alpha value is -3.03. The fraction of sp³-hybridized carbons (Fsp3) is 0. The van der Waals surface area contributed by atoms with E-state index in [9.17, 15) is 23.7 Å². The largest absolute Gasteiger partial charge is 0.477 e. The van der Waals surface area contributed by atoms with Crippen molar-refractivity contribution < 1.29 is 28.3 Å². The molecule has 0 bridgehead atoms. The molecular formula is C13H7F2NO5. The molecule has 0 aliphatic rings. The van der Waals surface area contributed by atoms with Crippen molar-refractivity contribution in [3.63, 3.8) is 0 Å². The summed E-state index contributed by atoms with van der Waals surface area (Å²) < 4.78 is 30.9. The van der Waals surface area contributed by atoms with Crippen LogP contribution in [-0.2, 0) is 0 Å². The van der Waals surface area contributed by atoms with Gasteiger partial charge in [0.05, 0.1) is 11.0 Å². The van der Waals surface area contributed by atoms with Crippen molar-refractivity contribution in [1.82, 2.24) is 0 Å². The van der Waals surface area contributed by atoms with E-state index in [1.807, 2.05) is 0 Å². The number of nitro benzene ring substituents is 1. The van der Waals surface area contributed by atoms with Gasteiger partial charge in [0.15, 0.2) is 11.6 Å². The minimum Gasteiger partial charge on any atom is -0.477 e. The maximum Gasteiger partial charge on any atom is 0.342 e. The van der Waals surface area contributed by atoms with Gasteiger partial charge in [0.2, 0.25) is 0 Å². The van der Waals surface area contributed by atoms with Gasteiger partial charge in [-0.15, -0.1) is 0 Å². The van der Waals surface area contributed by atoms with Gasteiger partial charge in [-0.3, -0.25) is 10.1 Å². The van der Waals surface area contributed by atoms with Gasteiger partial charge in [0.1, 0.15) is 17.1 Å². The highest BCUT2D eigenvalue weighted by Crippen LogP contribution is 2.29. The summed E-state index contributed by atoms with van der Waals surface area (Å²) in [5.74, 6) is -3.80. The van der Waals surface area contributed by atoms with Crippen LogP contribution in [0.25, 0.3) is 0 Å². The van der Waals surface area contributed by atoms with E-state index in [1.165, 1.54) is 6.07 Å². The quantitative estimate of drug-likeness (QED) is 0.690. The first-order valence-electron chi connectivity index (χ1n) is 5.53. The van der Waals surface area contributed by atoms with Crippen molar-refractivity contribution >= 4 is 11.7 Å². The molecule has 21 heavy (non-hydrogen) atoms. The lowest BCUT2D eigenvalue weighted by Crippen LogP contribution is -2.02. The molecule has 108 valence electrons. The van der Waals surface area contributed by atoms with E-state index < -0.39 is 33.8 Å². The van der Waals surface area contributed by atoms with Gasteiger partial charge < -0.3 is 9.84 Å². The van der Waals surface area contributed by atoms with Gasteiger partial charge in [-0.1, -0.05) is 0 Å². The lowest BCUT2D eigenvalue weighted by atomic mass is 10.1. The number of nitrogens with zero attached hydrogens (tertiary/aromatic N) is 1. The molecule has 2 aromatic rings. The van der Waals surface area contributed by atoms with Crippen LogP contribution in [0.5, 0.6) is 11.5 Å². The maximum atomic E-state index is 13.0. The molecule has 6 nitrogen and oxygen atoms in total. The van der Waals surface area contributed by atoms with Gasteiger partial charge in [-0.2, -0.15) is 0 Å². The van der Waals surface area contributed by atoms with E-state index >= 15 is 0 Å². The maximum absolute atomic E-state index is 13.0. The molecule has 0 aromatic heterocycles. The molecule has 0 heterocycles. The number of aromatic carboxylic acids is 1. The van der Waals surface area contributed by atoms with Crippen molar-refractivity contribution in [2.75, 3.05) is 0 Å². The molecule has 2 rings (SSSR count). The zero-order valence-electron chi connectivity index (χ0n) is 10.2. The molecule has 0 saturated carbocycles. The van der Waals surface area contributed by atoms with E-state index in [1.54, 1.807) is 0 Å². The Morgan fingerprint density at radius 1 is 1.10 bits per heavy atom. The van der Waals surface area contributed by atoms with Crippen LogP contribution < -0.4 is 4.74 Å². The van der Waals surface area contributed by atoms with Crippen LogP contribution in [0.15, 0.2) is 36.4 Å². The lowest BCUT2D eigenvalue weighted by Gasteiger charge is -2.06. The Kier molecular flexibility index (Phi) is 3.79. The topological polar surface area (TPSA) is 89.7 Å². The molecule has 0 spiro atoms. The summed E-state index contributed by atoms with van der Waals surface area (Å²) in [6.45, 7) is 0. The summed E-state index contributed by atoms with van der Waals surface area (Å²) in [5, 5.41) is 19.6. The standard InChI is InChI=1S/C13H7F2NO5/c14-10-4-2-7(5-11(10)15)21-8-1-3-9(13(17)18)12(6-8)16(19)20/h1-6H,(H,17,18). The summed E-state index contributed by atoms with van der Waals surface area (Å²) in [6.07, 6.45) is 0. The minimum atomic E-state index is -1.46. The number of halogens is 2. The zero-order valence-corrected chi connectivity index (χ0v) is 10.2. The van der Waals surface area contributed by atoms with Gasteiger partial charge in [-0.25, -0.2) is 13.6 Å². The first-order valence-corrected chi connectivity index (χ1v) is 5.53. The highest BCUT2D eigenvalue weighted by molar-refractivity contribution is 5.92. The number of carbonyl (C=O) groups is 1. The third-order valence-electron chi connectivity index (χ3n) is 2.52. The van der Waals surface area contributed by atoms with Crippen LogP contribution in [0, 0.1) is 21.7 Å². The second-order valence-corrected chi connectivity index (χ2v) is 3.92. The number of hydrogen-bond acceptors (Lipinski definition) is 4. The predicted molar refractivity (Wildman–Crippen MR) is 66.5 cm³/mol. The smallest absolute Gasteiger partial charge is 0.342 e. The van der Waals surface area contributed by atoms with Crippen LogP contribution in [0.3, 0.4) is 0 Å². The first-order chi connectivity index (χ1) is 9.88. The molecule has 0 unspecified atom stereocenters. The SMILES string of the molecule is O=C(O)c1ccc(Oc2ccc(F)c(F)c2)cc1[N+](=O)[O-]. The van der Waals surface area contributed by atoms with Crippen molar-refractivity contribution in [2.24, 2.45) is 0 Å². The summed E-state index contributed by atoms with van der Waals surface area (Å²) in [5.41, 5.74) is -1.17. The number of rotatable bonds is 4. The van der Waals surface area contributed by atoms with Crippen LogP contribution in [-0.4, -0.2) is 16.0 Å². The monoisotopic (exact) mass is 295 g/mol. The van der Waals surface area contributed by atoms with E-state index in [0.29, 0.717) is 0 Å². The second kappa shape index (κ2) is 5.53. The lowest BCUT2D eigenvalue weighted by molar-refractivity contribution is -0.385. The predicted octanol–water partition coefficient (Wildman–Crippen LogP) is 3.36. The molecule has 0 radical (unpaired) electrons. The van der Waals surface area contributed by atoms with Gasteiger partial charge in [0, 0.05) is 6.07 Å². The molecule has 0 atom stereocenters. The van der Waals surface area contributed by atoms with Gasteiger partial charge >= 0.3 is 5.97 Å². The van der Waals surface area contributed by atoms with E-state index in [4.69, 9.17) is 9.84 Å². The third-order valence-corrected chi connectivity index (χ3v) is 2.52. The van der Waals surface area contributed by atoms with E-state index in [0.717, 1.165) is 30.3 Å². The summed E-state index contributed by atoms with van der Waals surface area (Å²) >= 11 is 0. The minimum absolute atomic E-state index is 0.0716. The Morgan fingerprint density at radius 2 is 1.71 bits per heavy atom. The normalized spacial score (nSPS) is 10.2. The average molecular weight is 295 g/mol. The number of nitro groups is 1. The average Bonchev–Trinajstić information content (AvgIpc) is 2.42. The van der Waals surface area contributed by atoms with Crippen molar-refractivity contribution in [3.8, 4) is 11.5 Å². The summed E-state index contributed by atoms with van der Waals surface area (Å²) in [4.78, 5) is 20.8. The van der Waals surface area contributed by atoms with Crippen molar-refractivity contribution in [1.29, 1.82) is 0 Å². The molecule has 0 aliphatic carbocycles. The van der Waals surface area contributed by atoms with E-state index in [2.05, 4.69) is 0 Å². The van der Waals surface area contributed by atoms with Gasteiger partial charge in [-0.05, 0) is 24.3 Å². The fourth-order valence-corrected chi connectivity index (χ4v) is 1.58. The third kappa shape index (κ3) is 3.11. The highest BCUT2D eigenvalue weighted by atomic mass is 19.2. The van der Waals surface area contributed by atoms with E-state index in [-0.39, 0.29) is 11.5 Å². The van der Waals surface area contributed by atoms with Gasteiger partial charge in [0.25, 0.3) is 5.69 Å². The van der Waals surface area contributed by atoms with Crippen molar-refractivity contribution in [3.05, 3.63) is 63.7 Å². The van der Waals surface area contributed by atoms with Crippen LogP contribution in [0.1, 0.15) is 10.4 Å². The molecule has 2 aromatic carbocycles. The van der Waals surface area contributed by atoms with Crippen LogP contribution >= 0.6 is 0 Å². The molecule has 1 N–H and O–H groups in total. The molecule has 8 heteroatoms. The van der Waals surface area contributed by atoms with Crippen molar-refractivity contribution in [2.45, 2.75) is 0 Å². The van der Waals surface area contributed by atoms with Crippen LogP contribution in [0.2, 0.25) is 0 Å². The molecule has 0 fully saturated rings. The number of carboxylic acid groups (broad SMARTS) is 1. The second-order valence-electron chi connectivity index (χ2n) is 3.92. The Bertz CT molecular complexity index is 732. The first kappa shape index (κ1) is 14.4. The number of ether oxygens (including phenoxy) is 1.